The van der Waals surface area contributed by atoms with E-state index in [4.69, 9.17) is 9.47 Å². The molecule has 0 bridgehead atoms. The molecule has 0 aliphatic carbocycles. The number of hydrogen-bond donors (Lipinski definition) is 0. The third-order valence-electron chi connectivity index (χ3n) is 2.88. The van der Waals surface area contributed by atoms with Crippen LogP contribution in [0.15, 0.2) is 42.6 Å². The third kappa shape index (κ3) is 3.50. The highest BCUT2D eigenvalue weighted by atomic mass is 16.6. The molecule has 2 rings (SSSR count). The highest BCUT2D eigenvalue weighted by Crippen LogP contribution is 2.31. The molecule has 0 aromatic heterocycles. The van der Waals surface area contributed by atoms with Crippen LogP contribution >= 0.6 is 0 Å². The maximum absolute atomic E-state index is 10.8. The number of benzene rings is 1. The van der Waals surface area contributed by atoms with Crippen molar-refractivity contribution in [3.8, 4) is 11.5 Å². The Labute approximate surface area is 117 Å². The molecule has 1 aromatic rings. The first-order valence-electron chi connectivity index (χ1n) is 6.23. The highest BCUT2D eigenvalue weighted by molar-refractivity contribution is 5.48. The fourth-order valence-electron chi connectivity index (χ4n) is 1.84. The molecule has 0 amide bonds. The van der Waals surface area contributed by atoms with E-state index in [2.05, 4.69) is 4.90 Å². The number of non-ortho nitro benzene ring substituents is 1. The molecule has 106 valence electrons. The van der Waals surface area contributed by atoms with Gasteiger partial charge in [-0.2, -0.15) is 0 Å². The van der Waals surface area contributed by atoms with E-state index < -0.39 is 4.92 Å². The van der Waals surface area contributed by atoms with Crippen LogP contribution in [0.5, 0.6) is 11.5 Å². The molecule has 0 saturated heterocycles. The zero-order valence-corrected chi connectivity index (χ0v) is 11.2. The molecule has 20 heavy (non-hydrogen) atoms. The maximum atomic E-state index is 10.8. The summed E-state index contributed by atoms with van der Waals surface area (Å²) in [6, 6.07) is 4.31. The first-order chi connectivity index (χ1) is 9.70. The molecule has 1 aliphatic heterocycles. The Morgan fingerprint density at radius 3 is 2.85 bits per heavy atom. The average molecular weight is 276 g/mol. The molecule has 0 atom stereocenters. The number of nitro benzene ring substituents is 1. The molecule has 0 unspecified atom stereocenters. The van der Waals surface area contributed by atoms with E-state index >= 15 is 0 Å². The molecule has 1 aliphatic rings. The van der Waals surface area contributed by atoms with Crippen molar-refractivity contribution in [2.24, 2.45) is 0 Å². The monoisotopic (exact) mass is 276 g/mol. The summed E-state index contributed by atoms with van der Waals surface area (Å²) in [4.78, 5) is 12.4. The van der Waals surface area contributed by atoms with Gasteiger partial charge in [-0.15, -0.1) is 0 Å². The van der Waals surface area contributed by atoms with Crippen LogP contribution in [0.4, 0.5) is 5.69 Å². The first kappa shape index (κ1) is 13.9. The molecule has 0 saturated carbocycles. The van der Waals surface area contributed by atoms with E-state index in [0.717, 1.165) is 6.54 Å². The van der Waals surface area contributed by atoms with E-state index in [1.165, 1.54) is 25.3 Å². The molecular weight excluding hydrogens is 260 g/mol. The minimum Gasteiger partial charge on any atom is -0.493 e. The van der Waals surface area contributed by atoms with Crippen LogP contribution in [0.25, 0.3) is 0 Å². The highest BCUT2D eigenvalue weighted by Gasteiger charge is 2.12. The summed E-state index contributed by atoms with van der Waals surface area (Å²) in [5.74, 6) is 0.878. The van der Waals surface area contributed by atoms with Crippen LogP contribution in [-0.4, -0.2) is 36.6 Å². The van der Waals surface area contributed by atoms with Gasteiger partial charge < -0.3 is 14.4 Å². The van der Waals surface area contributed by atoms with Crippen LogP contribution in [0, 0.1) is 10.1 Å². The standard InChI is InChI=1S/C14H16N2O4/c1-19-13-6-5-12(16(17)18)11-14(13)20-10-9-15-7-3-2-4-8-15/h2-7,11H,8-10H2,1H3. The lowest BCUT2D eigenvalue weighted by Gasteiger charge is -2.20. The van der Waals surface area contributed by atoms with E-state index in [0.29, 0.717) is 24.7 Å². The summed E-state index contributed by atoms with van der Waals surface area (Å²) in [5, 5.41) is 10.8. The second-order valence-electron chi connectivity index (χ2n) is 4.21. The summed E-state index contributed by atoms with van der Waals surface area (Å²) in [6.07, 6.45) is 7.97. The zero-order chi connectivity index (χ0) is 14.4. The predicted molar refractivity (Wildman–Crippen MR) is 75.0 cm³/mol. The van der Waals surface area contributed by atoms with E-state index in [-0.39, 0.29) is 5.69 Å². The number of hydrogen-bond acceptors (Lipinski definition) is 5. The maximum Gasteiger partial charge on any atom is 0.273 e. The van der Waals surface area contributed by atoms with Crippen LogP contribution < -0.4 is 9.47 Å². The number of nitro groups is 1. The van der Waals surface area contributed by atoms with Crippen molar-refractivity contribution in [2.45, 2.75) is 0 Å². The summed E-state index contributed by atoms with van der Waals surface area (Å²) in [7, 11) is 1.51. The van der Waals surface area contributed by atoms with Crippen molar-refractivity contribution in [3.05, 3.63) is 52.7 Å². The van der Waals surface area contributed by atoms with Crippen molar-refractivity contribution >= 4 is 5.69 Å². The molecule has 0 radical (unpaired) electrons. The molecule has 6 heteroatoms. The molecule has 1 aromatic carbocycles. The average Bonchev–Trinajstić information content (AvgIpc) is 2.48. The van der Waals surface area contributed by atoms with Crippen molar-refractivity contribution in [3.63, 3.8) is 0 Å². The Hall–Kier alpha value is -2.50. The fraction of sp³-hybridized carbons (Fsp3) is 0.286. The van der Waals surface area contributed by atoms with Gasteiger partial charge in [0.25, 0.3) is 5.69 Å². The third-order valence-corrected chi connectivity index (χ3v) is 2.88. The van der Waals surface area contributed by atoms with Gasteiger partial charge in [-0.1, -0.05) is 12.2 Å². The van der Waals surface area contributed by atoms with Gasteiger partial charge in [0.15, 0.2) is 11.5 Å². The van der Waals surface area contributed by atoms with Crippen molar-refractivity contribution in [2.75, 3.05) is 26.8 Å². The van der Waals surface area contributed by atoms with Gasteiger partial charge in [0, 0.05) is 12.6 Å². The van der Waals surface area contributed by atoms with Gasteiger partial charge in [0.1, 0.15) is 6.61 Å². The minimum absolute atomic E-state index is 0.0124. The number of ether oxygens (including phenoxy) is 2. The van der Waals surface area contributed by atoms with Crippen LogP contribution in [-0.2, 0) is 0 Å². The fourth-order valence-corrected chi connectivity index (χ4v) is 1.84. The van der Waals surface area contributed by atoms with Crippen molar-refractivity contribution in [1.82, 2.24) is 4.90 Å². The molecule has 0 fully saturated rings. The topological polar surface area (TPSA) is 64.8 Å². The number of nitrogens with zero attached hydrogens (tertiary/aromatic N) is 2. The van der Waals surface area contributed by atoms with Gasteiger partial charge in [0.05, 0.1) is 24.6 Å². The Morgan fingerprint density at radius 1 is 1.35 bits per heavy atom. The lowest BCUT2D eigenvalue weighted by Crippen LogP contribution is -2.24. The summed E-state index contributed by atoms with van der Waals surface area (Å²) < 4.78 is 10.7. The second kappa shape index (κ2) is 6.60. The predicted octanol–water partition coefficient (Wildman–Crippen LogP) is 2.37. The van der Waals surface area contributed by atoms with Gasteiger partial charge in [-0.05, 0) is 18.3 Å². The zero-order valence-electron chi connectivity index (χ0n) is 11.2. The molecule has 6 nitrogen and oxygen atoms in total. The van der Waals surface area contributed by atoms with Crippen molar-refractivity contribution in [1.29, 1.82) is 0 Å². The summed E-state index contributed by atoms with van der Waals surface area (Å²) in [5.41, 5.74) is -0.0124. The van der Waals surface area contributed by atoms with E-state index in [9.17, 15) is 10.1 Å². The van der Waals surface area contributed by atoms with Gasteiger partial charge in [0.2, 0.25) is 0 Å². The summed E-state index contributed by atoms with van der Waals surface area (Å²) in [6.45, 7) is 1.97. The van der Waals surface area contributed by atoms with Gasteiger partial charge in [-0.25, -0.2) is 0 Å². The largest absolute Gasteiger partial charge is 0.493 e. The van der Waals surface area contributed by atoms with Gasteiger partial charge in [-0.3, -0.25) is 10.1 Å². The van der Waals surface area contributed by atoms with Crippen molar-refractivity contribution < 1.29 is 14.4 Å². The minimum atomic E-state index is -0.454. The SMILES string of the molecule is COc1ccc([N+](=O)[O-])cc1OCCN1C=CC=CC1. The normalized spacial score (nSPS) is 13.3. The lowest BCUT2D eigenvalue weighted by atomic mass is 10.3. The van der Waals surface area contributed by atoms with Crippen LogP contribution in [0.2, 0.25) is 0 Å². The second-order valence-corrected chi connectivity index (χ2v) is 4.21. The number of methoxy groups -OCH3 is 1. The molecule has 0 N–H and O–H groups in total. The first-order valence-corrected chi connectivity index (χ1v) is 6.23. The summed E-state index contributed by atoms with van der Waals surface area (Å²) >= 11 is 0. The lowest BCUT2D eigenvalue weighted by molar-refractivity contribution is -0.385. The Morgan fingerprint density at radius 2 is 2.20 bits per heavy atom. The molecular formula is C14H16N2O4. The Bertz CT molecular complexity index is 540. The number of rotatable bonds is 6. The van der Waals surface area contributed by atoms with E-state index in [1.807, 2.05) is 24.4 Å². The Kier molecular flexibility index (Phi) is 4.60. The van der Waals surface area contributed by atoms with E-state index in [1.54, 1.807) is 0 Å². The van der Waals surface area contributed by atoms with Crippen LogP contribution in [0.3, 0.4) is 0 Å². The van der Waals surface area contributed by atoms with Crippen LogP contribution in [0.1, 0.15) is 0 Å². The molecule has 1 heterocycles. The number of allylic oxidation sites excluding steroid dienone is 2. The molecule has 0 spiro atoms. The quantitative estimate of drug-likeness (QED) is 0.589. The smallest absolute Gasteiger partial charge is 0.273 e. The Balaban J connectivity index is 1.96. The van der Waals surface area contributed by atoms with Gasteiger partial charge >= 0.3 is 0 Å².